The van der Waals surface area contributed by atoms with Crippen molar-refractivity contribution in [1.82, 2.24) is 10.2 Å². The Morgan fingerprint density at radius 1 is 1.08 bits per heavy atom. The van der Waals surface area contributed by atoms with E-state index in [4.69, 9.17) is 0 Å². The monoisotopic (exact) mass is 369 g/mol. The van der Waals surface area contributed by atoms with Crippen molar-refractivity contribution < 1.29 is 4.79 Å². The Kier molecular flexibility index (Phi) is 5.50. The number of thioether (sulfide) groups is 1. The van der Waals surface area contributed by atoms with Crippen LogP contribution in [-0.4, -0.2) is 16.1 Å². The maximum Gasteiger partial charge on any atom is 0.257 e. The largest absolute Gasteiger partial charge is 0.296 e. The number of aryl methyl sites for hydroxylation is 3. The van der Waals surface area contributed by atoms with Gasteiger partial charge < -0.3 is 0 Å². The van der Waals surface area contributed by atoms with E-state index in [1.165, 1.54) is 22.5 Å². The highest BCUT2D eigenvalue weighted by molar-refractivity contribution is 8.00. The first-order chi connectivity index (χ1) is 12.0. The van der Waals surface area contributed by atoms with Gasteiger partial charge in [0, 0.05) is 11.3 Å². The number of nitrogens with one attached hydrogen (secondary N) is 1. The number of carbonyl (C=O) groups is 1. The zero-order valence-electron chi connectivity index (χ0n) is 14.4. The first-order valence-electron chi connectivity index (χ1n) is 7.92. The molecule has 128 valence electrons. The van der Waals surface area contributed by atoms with E-state index in [2.05, 4.69) is 46.7 Å². The molecule has 0 unspecified atom stereocenters. The van der Waals surface area contributed by atoms with Crippen molar-refractivity contribution in [2.24, 2.45) is 0 Å². The number of hydrogen-bond acceptors (Lipinski definition) is 5. The highest BCUT2D eigenvalue weighted by Crippen LogP contribution is 2.28. The van der Waals surface area contributed by atoms with Gasteiger partial charge in [0.15, 0.2) is 4.34 Å². The Bertz CT molecular complexity index is 905. The van der Waals surface area contributed by atoms with Crippen molar-refractivity contribution in [3.05, 3.63) is 70.3 Å². The molecule has 3 aromatic rings. The molecule has 0 bridgehead atoms. The molecule has 0 aliphatic carbocycles. The molecular weight excluding hydrogens is 350 g/mol. The van der Waals surface area contributed by atoms with E-state index in [1.807, 2.05) is 32.0 Å². The average Bonchev–Trinajstić information content (AvgIpc) is 3.02. The second-order valence-electron chi connectivity index (χ2n) is 5.92. The minimum Gasteiger partial charge on any atom is -0.296 e. The minimum atomic E-state index is -0.146. The number of nitrogens with zero attached hydrogens (tertiary/aromatic N) is 2. The van der Waals surface area contributed by atoms with Gasteiger partial charge in [-0.25, -0.2) is 0 Å². The van der Waals surface area contributed by atoms with E-state index in [0.717, 1.165) is 21.2 Å². The number of benzene rings is 2. The third-order valence-electron chi connectivity index (χ3n) is 3.71. The van der Waals surface area contributed by atoms with Crippen LogP contribution in [0.3, 0.4) is 0 Å². The fraction of sp³-hybridized carbons (Fsp3) is 0.211. The standard InChI is InChI=1S/C19H19N3OS2/c1-12-5-4-6-15(9-12)11-24-19-22-21-18(25-19)20-17(23)16-10-13(2)7-8-14(16)3/h4-10H,11H2,1-3H3,(H,20,21,23). The lowest BCUT2D eigenvalue weighted by molar-refractivity contribution is 0.102. The smallest absolute Gasteiger partial charge is 0.257 e. The van der Waals surface area contributed by atoms with Crippen molar-refractivity contribution in [2.75, 3.05) is 5.32 Å². The van der Waals surface area contributed by atoms with Crippen molar-refractivity contribution in [3.8, 4) is 0 Å². The molecule has 0 radical (unpaired) electrons. The molecular formula is C19H19N3OS2. The van der Waals surface area contributed by atoms with Crippen LogP contribution in [0.5, 0.6) is 0 Å². The van der Waals surface area contributed by atoms with Crippen LogP contribution in [0.15, 0.2) is 46.8 Å². The van der Waals surface area contributed by atoms with Gasteiger partial charge in [-0.05, 0) is 38.0 Å². The zero-order chi connectivity index (χ0) is 17.8. The van der Waals surface area contributed by atoms with E-state index in [1.54, 1.807) is 11.8 Å². The van der Waals surface area contributed by atoms with Crippen LogP contribution in [0, 0.1) is 20.8 Å². The minimum absolute atomic E-state index is 0.146. The fourth-order valence-electron chi connectivity index (χ4n) is 2.41. The Labute approximate surface area is 155 Å². The summed E-state index contributed by atoms with van der Waals surface area (Å²) in [5.41, 5.74) is 5.17. The third kappa shape index (κ3) is 4.67. The van der Waals surface area contributed by atoms with Gasteiger partial charge in [0.2, 0.25) is 5.13 Å². The summed E-state index contributed by atoms with van der Waals surface area (Å²) in [7, 11) is 0. The van der Waals surface area contributed by atoms with Crippen LogP contribution in [0.1, 0.15) is 32.6 Å². The van der Waals surface area contributed by atoms with Crippen LogP contribution in [0.2, 0.25) is 0 Å². The van der Waals surface area contributed by atoms with Crippen molar-refractivity contribution in [3.63, 3.8) is 0 Å². The first kappa shape index (κ1) is 17.6. The van der Waals surface area contributed by atoms with Crippen LogP contribution < -0.4 is 5.32 Å². The van der Waals surface area contributed by atoms with Gasteiger partial charge in [-0.3, -0.25) is 10.1 Å². The Morgan fingerprint density at radius 2 is 1.88 bits per heavy atom. The van der Waals surface area contributed by atoms with Gasteiger partial charge in [-0.2, -0.15) is 0 Å². The van der Waals surface area contributed by atoms with Crippen LogP contribution in [-0.2, 0) is 5.75 Å². The van der Waals surface area contributed by atoms with E-state index < -0.39 is 0 Å². The molecule has 1 amide bonds. The molecule has 6 heteroatoms. The number of rotatable bonds is 5. The number of carbonyl (C=O) groups excluding carboxylic acids is 1. The van der Waals surface area contributed by atoms with E-state index in [9.17, 15) is 4.79 Å². The SMILES string of the molecule is Cc1cccc(CSc2nnc(NC(=O)c3cc(C)ccc3C)s2)c1. The Morgan fingerprint density at radius 3 is 2.68 bits per heavy atom. The Hall–Kier alpha value is -2.18. The van der Waals surface area contributed by atoms with Crippen molar-refractivity contribution >= 4 is 34.1 Å². The molecule has 0 spiro atoms. The molecule has 2 aromatic carbocycles. The molecule has 1 aromatic heterocycles. The molecule has 0 saturated carbocycles. The summed E-state index contributed by atoms with van der Waals surface area (Å²) in [6, 6.07) is 14.2. The summed E-state index contributed by atoms with van der Waals surface area (Å²) >= 11 is 3.02. The molecule has 25 heavy (non-hydrogen) atoms. The lowest BCUT2D eigenvalue weighted by Crippen LogP contribution is -2.13. The van der Waals surface area contributed by atoms with Crippen LogP contribution in [0.25, 0.3) is 0 Å². The summed E-state index contributed by atoms with van der Waals surface area (Å²) in [5, 5.41) is 11.6. The lowest BCUT2D eigenvalue weighted by atomic mass is 10.1. The summed E-state index contributed by atoms with van der Waals surface area (Å²) in [6.45, 7) is 5.98. The number of aromatic nitrogens is 2. The topological polar surface area (TPSA) is 54.9 Å². The predicted molar refractivity (Wildman–Crippen MR) is 105 cm³/mol. The van der Waals surface area contributed by atoms with Gasteiger partial charge in [-0.15, -0.1) is 10.2 Å². The molecule has 1 heterocycles. The van der Waals surface area contributed by atoms with Crippen LogP contribution >= 0.6 is 23.1 Å². The normalized spacial score (nSPS) is 10.7. The molecule has 3 rings (SSSR count). The average molecular weight is 370 g/mol. The molecule has 1 N–H and O–H groups in total. The number of hydrogen-bond donors (Lipinski definition) is 1. The number of anilines is 1. The van der Waals surface area contributed by atoms with Gasteiger partial charge in [-0.1, -0.05) is 70.6 Å². The lowest BCUT2D eigenvalue weighted by Gasteiger charge is -2.05. The van der Waals surface area contributed by atoms with Gasteiger partial charge in [0.1, 0.15) is 0 Å². The quantitative estimate of drug-likeness (QED) is 0.507. The van der Waals surface area contributed by atoms with Crippen LogP contribution in [0.4, 0.5) is 5.13 Å². The molecule has 0 saturated heterocycles. The summed E-state index contributed by atoms with van der Waals surface area (Å²) < 4.78 is 0.845. The summed E-state index contributed by atoms with van der Waals surface area (Å²) in [6.07, 6.45) is 0. The van der Waals surface area contributed by atoms with Crippen molar-refractivity contribution in [1.29, 1.82) is 0 Å². The predicted octanol–water partition coefficient (Wildman–Crippen LogP) is 5.01. The molecule has 0 aliphatic heterocycles. The molecule has 0 atom stereocenters. The second-order valence-corrected chi connectivity index (χ2v) is 8.12. The maximum absolute atomic E-state index is 12.4. The van der Waals surface area contributed by atoms with Gasteiger partial charge in [0.25, 0.3) is 5.91 Å². The second kappa shape index (κ2) is 7.80. The van der Waals surface area contributed by atoms with Gasteiger partial charge in [0.05, 0.1) is 0 Å². The van der Waals surface area contributed by atoms with E-state index >= 15 is 0 Å². The van der Waals surface area contributed by atoms with E-state index in [-0.39, 0.29) is 5.91 Å². The fourth-order valence-corrected chi connectivity index (χ4v) is 4.10. The highest BCUT2D eigenvalue weighted by Gasteiger charge is 2.13. The van der Waals surface area contributed by atoms with Gasteiger partial charge >= 0.3 is 0 Å². The van der Waals surface area contributed by atoms with Crippen molar-refractivity contribution in [2.45, 2.75) is 30.9 Å². The number of amides is 1. The molecule has 0 aliphatic rings. The molecule has 4 nitrogen and oxygen atoms in total. The summed E-state index contributed by atoms with van der Waals surface area (Å²) in [5.74, 6) is 0.689. The highest BCUT2D eigenvalue weighted by atomic mass is 32.2. The third-order valence-corrected chi connectivity index (χ3v) is 5.75. The Balaban J connectivity index is 1.63. The van der Waals surface area contributed by atoms with E-state index in [0.29, 0.717) is 10.7 Å². The summed E-state index contributed by atoms with van der Waals surface area (Å²) in [4.78, 5) is 12.4. The first-order valence-corrected chi connectivity index (χ1v) is 9.72. The zero-order valence-corrected chi connectivity index (χ0v) is 16.0. The maximum atomic E-state index is 12.4. The molecule has 0 fully saturated rings.